The molecule has 0 aromatic rings. The fraction of sp³-hybridized carbons (Fsp3) is 1.00. The molecule has 1 nitrogen and oxygen atoms in total. The van der Waals surface area contributed by atoms with Crippen LogP contribution in [-0.2, 0) is 0 Å². The van der Waals surface area contributed by atoms with Gasteiger partial charge in [-0.1, -0.05) is 13.8 Å². The van der Waals surface area contributed by atoms with Crippen molar-refractivity contribution in [2.75, 3.05) is 25.4 Å². The van der Waals surface area contributed by atoms with E-state index in [2.05, 4.69) is 31.4 Å². The summed E-state index contributed by atoms with van der Waals surface area (Å²) >= 11 is 4.26. The molecule has 0 spiro atoms. The number of rotatable bonds is 5. The zero-order valence-corrected chi connectivity index (χ0v) is 9.89. The SMILES string of the molecule is CC(CCS)CCN1CCC(C)C1. The number of nitrogens with zero attached hydrogens (tertiary/aromatic N) is 1. The third-order valence-electron chi connectivity index (χ3n) is 3.07. The molecule has 2 atom stereocenters. The molecule has 0 aromatic heterocycles. The quantitative estimate of drug-likeness (QED) is 0.669. The van der Waals surface area contributed by atoms with Crippen molar-refractivity contribution in [2.45, 2.75) is 33.1 Å². The van der Waals surface area contributed by atoms with Gasteiger partial charge in [0.15, 0.2) is 0 Å². The maximum atomic E-state index is 4.26. The van der Waals surface area contributed by atoms with Crippen molar-refractivity contribution in [1.82, 2.24) is 4.90 Å². The molecule has 1 rings (SSSR count). The van der Waals surface area contributed by atoms with Gasteiger partial charge in [-0.2, -0.15) is 12.6 Å². The maximum absolute atomic E-state index is 4.26. The Kier molecular flexibility index (Phi) is 5.18. The van der Waals surface area contributed by atoms with E-state index in [4.69, 9.17) is 0 Å². The van der Waals surface area contributed by atoms with E-state index in [0.717, 1.165) is 17.6 Å². The van der Waals surface area contributed by atoms with Crippen LogP contribution in [0.25, 0.3) is 0 Å². The monoisotopic (exact) mass is 201 g/mol. The summed E-state index contributed by atoms with van der Waals surface area (Å²) in [4.78, 5) is 2.61. The van der Waals surface area contributed by atoms with Crippen LogP contribution >= 0.6 is 12.6 Å². The van der Waals surface area contributed by atoms with Gasteiger partial charge >= 0.3 is 0 Å². The van der Waals surface area contributed by atoms with E-state index in [-0.39, 0.29) is 0 Å². The highest BCUT2D eigenvalue weighted by Gasteiger charge is 2.18. The Morgan fingerprint density at radius 3 is 2.77 bits per heavy atom. The molecule has 1 aliphatic rings. The van der Waals surface area contributed by atoms with E-state index in [0.29, 0.717) is 0 Å². The molecule has 0 amide bonds. The highest BCUT2D eigenvalue weighted by molar-refractivity contribution is 7.80. The molecule has 2 unspecified atom stereocenters. The smallest absolute Gasteiger partial charge is 0.000750 e. The van der Waals surface area contributed by atoms with Crippen LogP contribution in [0.2, 0.25) is 0 Å². The topological polar surface area (TPSA) is 3.24 Å². The summed E-state index contributed by atoms with van der Waals surface area (Å²) in [5.41, 5.74) is 0. The Morgan fingerprint density at radius 2 is 2.23 bits per heavy atom. The minimum Gasteiger partial charge on any atom is -0.303 e. The largest absolute Gasteiger partial charge is 0.303 e. The number of hydrogen-bond acceptors (Lipinski definition) is 2. The lowest BCUT2D eigenvalue weighted by Gasteiger charge is -2.17. The molecule has 0 saturated carbocycles. The molecule has 2 heteroatoms. The second-order valence-corrected chi connectivity index (χ2v) is 5.05. The van der Waals surface area contributed by atoms with Gasteiger partial charge in [-0.15, -0.1) is 0 Å². The lowest BCUT2D eigenvalue weighted by atomic mass is 10.1. The molecule has 0 aromatic carbocycles. The average molecular weight is 201 g/mol. The first-order valence-corrected chi connectivity index (χ1v) is 6.19. The van der Waals surface area contributed by atoms with Crippen LogP contribution in [-0.4, -0.2) is 30.3 Å². The highest BCUT2D eigenvalue weighted by atomic mass is 32.1. The lowest BCUT2D eigenvalue weighted by molar-refractivity contribution is 0.298. The van der Waals surface area contributed by atoms with E-state index >= 15 is 0 Å². The van der Waals surface area contributed by atoms with Crippen LogP contribution in [0.3, 0.4) is 0 Å². The van der Waals surface area contributed by atoms with Gasteiger partial charge in [-0.25, -0.2) is 0 Å². The van der Waals surface area contributed by atoms with Gasteiger partial charge in [-0.05, 0) is 49.9 Å². The van der Waals surface area contributed by atoms with Crippen molar-refractivity contribution in [3.05, 3.63) is 0 Å². The van der Waals surface area contributed by atoms with Crippen LogP contribution in [0.5, 0.6) is 0 Å². The standard InChI is InChI=1S/C11H23NS/c1-10(5-8-13)3-6-12-7-4-11(2)9-12/h10-11,13H,3-9H2,1-2H3. The van der Waals surface area contributed by atoms with Crippen molar-refractivity contribution >= 4 is 12.6 Å². The number of hydrogen-bond donors (Lipinski definition) is 1. The van der Waals surface area contributed by atoms with Crippen molar-refractivity contribution in [3.8, 4) is 0 Å². The first-order valence-electron chi connectivity index (χ1n) is 5.55. The van der Waals surface area contributed by atoms with Gasteiger partial charge in [0.05, 0.1) is 0 Å². The minimum absolute atomic E-state index is 0.855. The van der Waals surface area contributed by atoms with Gasteiger partial charge in [0.2, 0.25) is 0 Å². The first kappa shape index (κ1) is 11.4. The minimum atomic E-state index is 0.855. The van der Waals surface area contributed by atoms with Crippen LogP contribution in [0.1, 0.15) is 33.1 Å². The Labute approximate surface area is 88.3 Å². The van der Waals surface area contributed by atoms with Crippen LogP contribution in [0.15, 0.2) is 0 Å². The summed E-state index contributed by atoms with van der Waals surface area (Å²) in [5, 5.41) is 0. The van der Waals surface area contributed by atoms with E-state index in [9.17, 15) is 0 Å². The summed E-state index contributed by atoms with van der Waals surface area (Å²) < 4.78 is 0. The molecule has 0 radical (unpaired) electrons. The third kappa shape index (κ3) is 4.37. The first-order chi connectivity index (χ1) is 6.22. The molecule has 0 bridgehead atoms. The summed E-state index contributed by atoms with van der Waals surface area (Å²) in [6.45, 7) is 8.66. The molecule has 1 fully saturated rings. The molecule has 1 aliphatic heterocycles. The van der Waals surface area contributed by atoms with Gasteiger partial charge in [0.25, 0.3) is 0 Å². The molecule has 78 valence electrons. The van der Waals surface area contributed by atoms with Crippen molar-refractivity contribution < 1.29 is 0 Å². The maximum Gasteiger partial charge on any atom is 0.000750 e. The van der Waals surface area contributed by atoms with Gasteiger partial charge < -0.3 is 4.90 Å². The Hall–Kier alpha value is 0.310. The highest BCUT2D eigenvalue weighted by Crippen LogP contribution is 2.17. The predicted octanol–water partition coefficient (Wildman–Crippen LogP) is 2.67. The molecule has 1 saturated heterocycles. The Bertz CT molecular complexity index is 138. The summed E-state index contributed by atoms with van der Waals surface area (Å²) in [6.07, 6.45) is 4.03. The third-order valence-corrected chi connectivity index (χ3v) is 3.33. The second-order valence-electron chi connectivity index (χ2n) is 4.60. The zero-order chi connectivity index (χ0) is 9.68. The fourth-order valence-electron chi connectivity index (χ4n) is 2.00. The predicted molar refractivity (Wildman–Crippen MR) is 62.5 cm³/mol. The van der Waals surface area contributed by atoms with E-state index in [1.54, 1.807) is 0 Å². The van der Waals surface area contributed by atoms with Crippen molar-refractivity contribution in [2.24, 2.45) is 11.8 Å². The number of likely N-dealkylation sites (tertiary alicyclic amines) is 1. The van der Waals surface area contributed by atoms with Crippen LogP contribution < -0.4 is 0 Å². The molecular weight excluding hydrogens is 178 g/mol. The average Bonchev–Trinajstić information content (AvgIpc) is 2.49. The molecular formula is C11H23NS. The van der Waals surface area contributed by atoms with E-state index < -0.39 is 0 Å². The fourth-order valence-corrected chi connectivity index (χ4v) is 2.44. The lowest BCUT2D eigenvalue weighted by Crippen LogP contribution is -2.23. The van der Waals surface area contributed by atoms with Gasteiger partial charge in [0.1, 0.15) is 0 Å². The van der Waals surface area contributed by atoms with E-state index in [1.807, 2.05) is 0 Å². The summed E-state index contributed by atoms with van der Waals surface area (Å²) in [5.74, 6) is 2.82. The van der Waals surface area contributed by atoms with Crippen LogP contribution in [0, 0.1) is 11.8 Å². The summed E-state index contributed by atoms with van der Waals surface area (Å²) in [7, 11) is 0. The van der Waals surface area contributed by atoms with Crippen molar-refractivity contribution in [1.29, 1.82) is 0 Å². The van der Waals surface area contributed by atoms with Gasteiger partial charge in [-0.3, -0.25) is 0 Å². The Balaban J connectivity index is 2.05. The number of thiol groups is 1. The molecule has 0 aliphatic carbocycles. The summed E-state index contributed by atoms with van der Waals surface area (Å²) in [6, 6.07) is 0. The zero-order valence-electron chi connectivity index (χ0n) is 9.00. The second kappa shape index (κ2) is 5.92. The van der Waals surface area contributed by atoms with Crippen molar-refractivity contribution in [3.63, 3.8) is 0 Å². The van der Waals surface area contributed by atoms with E-state index in [1.165, 1.54) is 38.9 Å². The Morgan fingerprint density at radius 1 is 1.46 bits per heavy atom. The molecule has 1 heterocycles. The normalized spacial score (nSPS) is 26.5. The molecule has 0 N–H and O–H groups in total. The van der Waals surface area contributed by atoms with Crippen LogP contribution in [0.4, 0.5) is 0 Å². The molecule has 13 heavy (non-hydrogen) atoms. The van der Waals surface area contributed by atoms with Gasteiger partial charge in [0, 0.05) is 6.54 Å².